The molecule has 277 valence electrons. The second-order valence-corrected chi connectivity index (χ2v) is 17.8. The number of allylic oxidation sites excluding steroid dienone is 2. The molecule has 3 aromatic heterocycles. The predicted octanol–water partition coefficient (Wildman–Crippen LogP) is 12.1. The number of hydrogen-bond acceptors (Lipinski definition) is 5. The van der Waals surface area contributed by atoms with E-state index in [1.807, 2.05) is 6.20 Å². The second kappa shape index (κ2) is 16.4. The van der Waals surface area contributed by atoms with Crippen LogP contribution >= 0.6 is 11.3 Å². The number of aliphatic hydroxyl groups excluding tert-OH is 1. The van der Waals surface area contributed by atoms with Crippen molar-refractivity contribution in [3.05, 3.63) is 71.4 Å². The van der Waals surface area contributed by atoms with Gasteiger partial charge in [-0.15, -0.1) is 40.5 Å². The maximum atomic E-state index is 12.3. The van der Waals surface area contributed by atoms with Gasteiger partial charge < -0.3 is 9.67 Å². The maximum Gasteiger partial charge on any atom is 0.162 e. The molecule has 0 aliphatic carbocycles. The van der Waals surface area contributed by atoms with Crippen molar-refractivity contribution in [2.45, 2.75) is 114 Å². The third-order valence-corrected chi connectivity index (χ3v) is 11.4. The number of aromatic nitrogens is 3. The first kappa shape index (κ1) is 40.9. The Bertz CT molecular complexity index is 2010. The number of aryl methyl sites for hydroxylation is 3. The number of fused-ring (bicyclic) bond motifs is 6. The molecule has 0 spiro atoms. The Labute approximate surface area is 323 Å². The summed E-state index contributed by atoms with van der Waals surface area (Å²) in [6.45, 7) is 26.7. The Hall–Kier alpha value is -2.86. The number of carbonyl (C=O) groups excluding carboxylic acids is 1. The molecule has 0 saturated carbocycles. The number of rotatable bonds is 8. The fourth-order valence-corrected chi connectivity index (χ4v) is 9.37. The molecule has 5 nitrogen and oxygen atoms in total. The molecule has 4 heterocycles. The molecule has 7 heteroatoms. The third-order valence-electron chi connectivity index (χ3n) is 10.3. The van der Waals surface area contributed by atoms with Gasteiger partial charge in [0, 0.05) is 73.0 Å². The van der Waals surface area contributed by atoms with Crippen LogP contribution in [-0.4, -0.2) is 25.4 Å². The SMILES string of the molecule is CC(C)C(C(=O)/C=C(\O)C(C(C)C)C(C)C)C(C)C.Cc1ccc2[c-]c(-c3nccc4c3sc3nc5n(c34)CCCC5)cc(C(C)(C)C)c2c1.[Ir]. The Morgan fingerprint density at radius 3 is 2.18 bits per heavy atom. The molecule has 0 atom stereocenters. The van der Waals surface area contributed by atoms with Crippen molar-refractivity contribution in [3.63, 3.8) is 0 Å². The summed E-state index contributed by atoms with van der Waals surface area (Å²) in [7, 11) is 0. The van der Waals surface area contributed by atoms with Gasteiger partial charge in [-0.25, -0.2) is 4.98 Å². The van der Waals surface area contributed by atoms with E-state index in [-0.39, 0.29) is 48.9 Å². The van der Waals surface area contributed by atoms with Crippen LogP contribution < -0.4 is 0 Å². The van der Waals surface area contributed by atoms with Gasteiger partial charge in [0.15, 0.2) is 5.78 Å². The monoisotopic (exact) mass is 885 g/mol. The smallest absolute Gasteiger partial charge is 0.162 e. The van der Waals surface area contributed by atoms with Gasteiger partial charge in [0.2, 0.25) is 0 Å². The molecule has 51 heavy (non-hydrogen) atoms. The normalized spacial score (nSPS) is 14.0. The molecule has 1 radical (unpaired) electrons. The van der Waals surface area contributed by atoms with E-state index in [0.29, 0.717) is 23.7 Å². The van der Waals surface area contributed by atoms with E-state index in [1.165, 1.54) is 56.9 Å². The van der Waals surface area contributed by atoms with E-state index < -0.39 is 0 Å². The quantitative estimate of drug-likeness (QED) is 0.0958. The van der Waals surface area contributed by atoms with Gasteiger partial charge in [0.05, 0.1) is 11.3 Å². The zero-order valence-electron chi connectivity index (χ0n) is 32.8. The molecule has 0 bridgehead atoms. The summed E-state index contributed by atoms with van der Waals surface area (Å²) < 4.78 is 3.66. The number of thiophene rings is 1. The van der Waals surface area contributed by atoms with Gasteiger partial charge in [-0.3, -0.25) is 9.78 Å². The number of imidazole rings is 1. The van der Waals surface area contributed by atoms with Crippen LogP contribution in [0.3, 0.4) is 0 Å². The van der Waals surface area contributed by atoms with E-state index in [2.05, 4.69) is 124 Å². The van der Waals surface area contributed by atoms with E-state index >= 15 is 0 Å². The average molecular weight is 885 g/mol. The van der Waals surface area contributed by atoms with Crippen LogP contribution in [0, 0.1) is 48.5 Å². The minimum absolute atomic E-state index is 0. The fourth-order valence-electron chi connectivity index (χ4n) is 8.18. The predicted molar refractivity (Wildman–Crippen MR) is 213 cm³/mol. The number of nitrogens with zero attached hydrogens (tertiary/aromatic N) is 3. The third kappa shape index (κ3) is 8.69. The molecule has 1 aliphatic rings. The van der Waals surface area contributed by atoms with Crippen LogP contribution in [0.15, 0.2) is 48.4 Å². The Balaban J connectivity index is 0.000000255. The molecular formula is C44H58IrN3O2S-. The topological polar surface area (TPSA) is 68.0 Å². The fraction of sp³-hybridized carbons (Fsp3) is 0.523. The molecule has 1 N–H and O–H groups in total. The summed E-state index contributed by atoms with van der Waals surface area (Å²) >= 11 is 1.78. The minimum atomic E-state index is -0.0119. The first-order chi connectivity index (χ1) is 23.5. The second-order valence-electron chi connectivity index (χ2n) is 16.8. The van der Waals surface area contributed by atoms with Crippen LogP contribution in [-0.2, 0) is 43.3 Å². The summed E-state index contributed by atoms with van der Waals surface area (Å²) in [5.74, 6) is 2.87. The van der Waals surface area contributed by atoms with Gasteiger partial charge in [0.1, 0.15) is 10.7 Å². The number of aliphatic hydroxyl groups is 1. The zero-order chi connectivity index (χ0) is 36.7. The van der Waals surface area contributed by atoms with E-state index in [0.717, 1.165) is 34.4 Å². The Morgan fingerprint density at radius 2 is 1.57 bits per heavy atom. The summed E-state index contributed by atoms with van der Waals surface area (Å²) in [5.41, 5.74) is 6.07. The number of benzene rings is 2. The maximum absolute atomic E-state index is 12.3. The van der Waals surface area contributed by atoms with Crippen LogP contribution in [0.25, 0.3) is 42.5 Å². The van der Waals surface area contributed by atoms with Crippen LogP contribution in [0.5, 0.6) is 0 Å². The van der Waals surface area contributed by atoms with Gasteiger partial charge in [0.25, 0.3) is 0 Å². The number of carbonyl (C=O) groups is 1. The molecule has 0 fully saturated rings. The van der Waals surface area contributed by atoms with E-state index in [1.54, 1.807) is 11.3 Å². The van der Waals surface area contributed by atoms with Gasteiger partial charge >= 0.3 is 0 Å². The van der Waals surface area contributed by atoms with Crippen molar-refractivity contribution < 1.29 is 30.0 Å². The molecular weight excluding hydrogens is 827 g/mol. The molecule has 5 aromatic rings. The van der Waals surface area contributed by atoms with Gasteiger partial charge in [-0.2, -0.15) is 0 Å². The summed E-state index contributed by atoms with van der Waals surface area (Å²) in [4.78, 5) is 23.3. The van der Waals surface area contributed by atoms with Gasteiger partial charge in [-0.05, 0) is 54.9 Å². The van der Waals surface area contributed by atoms with Crippen LogP contribution in [0.2, 0.25) is 0 Å². The molecule has 2 aromatic carbocycles. The minimum Gasteiger partial charge on any atom is -0.512 e. The summed E-state index contributed by atoms with van der Waals surface area (Å²) in [6.07, 6.45) is 7.01. The standard InChI is InChI=1S/C27H26N3S.C17H32O2.Ir/c1-16-8-9-17-14-18(15-21(20(17)13-16)27(2,3)4)23-25-19(10-11-28-23)24-26(31-25)29-22-7-5-6-12-30(22)24;1-10(2)16(11(3)4)14(18)9-15(19)17(12(5)6)13(7)8;/h8-11,13,15H,5-7,12H2,1-4H3;9-13,16-18H,1-8H3;/q-1;;/b;14-9-;. The number of hydrogen-bond donors (Lipinski definition) is 1. The van der Waals surface area contributed by atoms with E-state index in [4.69, 9.17) is 9.97 Å². The first-order valence-corrected chi connectivity index (χ1v) is 19.5. The van der Waals surface area contributed by atoms with Crippen molar-refractivity contribution in [1.82, 2.24) is 14.5 Å². The largest absolute Gasteiger partial charge is 0.512 e. The van der Waals surface area contributed by atoms with Crippen molar-refractivity contribution in [2.75, 3.05) is 0 Å². The Morgan fingerprint density at radius 1 is 0.922 bits per heavy atom. The van der Waals surface area contributed by atoms with Gasteiger partial charge in [-0.1, -0.05) is 105 Å². The molecule has 0 unspecified atom stereocenters. The molecule has 6 rings (SSSR count). The first-order valence-electron chi connectivity index (χ1n) is 18.7. The Kier molecular flexibility index (Phi) is 13.2. The molecule has 1 aliphatic heterocycles. The number of pyridine rings is 1. The average Bonchev–Trinajstić information content (AvgIpc) is 3.55. The zero-order valence-corrected chi connectivity index (χ0v) is 36.0. The number of ketones is 1. The van der Waals surface area contributed by atoms with Crippen molar-refractivity contribution in [2.24, 2.45) is 35.5 Å². The summed E-state index contributed by atoms with van der Waals surface area (Å²) in [6, 6.07) is 14.8. The summed E-state index contributed by atoms with van der Waals surface area (Å²) in [5, 5.41) is 14.0. The van der Waals surface area contributed by atoms with Crippen molar-refractivity contribution >= 4 is 48.3 Å². The van der Waals surface area contributed by atoms with Crippen molar-refractivity contribution in [1.29, 1.82) is 0 Å². The van der Waals surface area contributed by atoms with Crippen molar-refractivity contribution in [3.8, 4) is 11.3 Å². The van der Waals surface area contributed by atoms with Crippen LogP contribution in [0.1, 0.15) is 106 Å². The van der Waals surface area contributed by atoms with Crippen LogP contribution in [0.4, 0.5) is 0 Å². The van der Waals surface area contributed by atoms with E-state index in [9.17, 15) is 9.90 Å². The molecule has 0 amide bonds. The molecule has 0 saturated heterocycles.